The third-order valence-corrected chi connectivity index (χ3v) is 6.92. The summed E-state index contributed by atoms with van der Waals surface area (Å²) < 4.78 is 5.66. The van der Waals surface area contributed by atoms with E-state index >= 15 is 0 Å². The van der Waals surface area contributed by atoms with Crippen LogP contribution in [0.2, 0.25) is 0 Å². The van der Waals surface area contributed by atoms with Crippen LogP contribution in [-0.4, -0.2) is 5.97 Å². The van der Waals surface area contributed by atoms with Crippen molar-refractivity contribution in [1.29, 1.82) is 0 Å². The Morgan fingerprint density at radius 3 is 2.09 bits per heavy atom. The smallest absolute Gasteiger partial charge is 0.339 e. The molecule has 178 valence electrons. The summed E-state index contributed by atoms with van der Waals surface area (Å²) in [6, 6.07) is 16.8. The van der Waals surface area contributed by atoms with Gasteiger partial charge >= 0.3 is 5.97 Å². The highest BCUT2D eigenvalue weighted by atomic mass is 16.5. The van der Waals surface area contributed by atoms with Crippen LogP contribution in [-0.2, 0) is 11.2 Å². The molecule has 0 N–H and O–H groups in total. The van der Waals surface area contributed by atoms with E-state index in [0.29, 0.717) is 5.75 Å². The molecule has 2 aromatic rings. The van der Waals surface area contributed by atoms with Gasteiger partial charge in [0.25, 0.3) is 0 Å². The van der Waals surface area contributed by atoms with Crippen molar-refractivity contribution >= 4 is 5.97 Å². The molecule has 1 aliphatic rings. The molecule has 33 heavy (non-hydrogen) atoms. The van der Waals surface area contributed by atoms with Crippen molar-refractivity contribution in [3.63, 3.8) is 0 Å². The fourth-order valence-electron chi connectivity index (χ4n) is 4.70. The highest BCUT2D eigenvalue weighted by molar-refractivity contribution is 5.90. The molecule has 0 fully saturated rings. The van der Waals surface area contributed by atoms with Gasteiger partial charge in [0.2, 0.25) is 0 Å². The van der Waals surface area contributed by atoms with E-state index in [0.717, 1.165) is 42.7 Å². The van der Waals surface area contributed by atoms with E-state index in [1.807, 2.05) is 24.3 Å². The van der Waals surface area contributed by atoms with Gasteiger partial charge in [-0.2, -0.15) is 0 Å². The van der Waals surface area contributed by atoms with Gasteiger partial charge in [0.1, 0.15) is 5.75 Å². The van der Waals surface area contributed by atoms with Gasteiger partial charge in [-0.1, -0.05) is 108 Å². The van der Waals surface area contributed by atoms with Crippen molar-refractivity contribution in [1.82, 2.24) is 0 Å². The van der Waals surface area contributed by atoms with Crippen molar-refractivity contribution in [3.05, 3.63) is 65.7 Å². The fourth-order valence-corrected chi connectivity index (χ4v) is 4.70. The average molecular weight is 447 g/mol. The van der Waals surface area contributed by atoms with Gasteiger partial charge in [0, 0.05) is 5.57 Å². The Morgan fingerprint density at radius 2 is 1.45 bits per heavy atom. The largest absolute Gasteiger partial charge is 0.423 e. The van der Waals surface area contributed by atoms with E-state index in [2.05, 4.69) is 44.2 Å². The lowest BCUT2D eigenvalue weighted by Gasteiger charge is -2.21. The maximum atomic E-state index is 12.6. The SMILES string of the molecule is CCCCCCCc1ccc(-c2ccc(OC(=O)C3=CCC(CCCCC)CC3)cc2)cc1. The van der Waals surface area contributed by atoms with Gasteiger partial charge < -0.3 is 4.74 Å². The van der Waals surface area contributed by atoms with E-state index in [4.69, 9.17) is 4.74 Å². The second kappa shape index (κ2) is 14.0. The number of rotatable bonds is 13. The Balaban J connectivity index is 1.46. The van der Waals surface area contributed by atoms with Crippen LogP contribution in [0.25, 0.3) is 11.1 Å². The standard InChI is InChI=1S/C31H42O2/c1-3-5-7-8-10-12-26-13-17-27(18-14-26)28-21-23-30(24-22-28)33-31(32)29-19-15-25(16-20-29)11-9-6-4-2/h13-14,17-19,21-25H,3-12,15-16,20H2,1-2H3. The molecular formula is C31H42O2. The van der Waals surface area contributed by atoms with Crippen LogP contribution in [0.4, 0.5) is 0 Å². The number of carbonyl (C=O) groups is 1. The number of aryl methyl sites for hydroxylation is 1. The highest BCUT2D eigenvalue weighted by Crippen LogP contribution is 2.29. The Bertz CT molecular complexity index is 861. The summed E-state index contributed by atoms with van der Waals surface area (Å²) >= 11 is 0. The predicted octanol–water partition coefficient (Wildman–Crippen LogP) is 9.08. The van der Waals surface area contributed by atoms with Crippen molar-refractivity contribution in [2.45, 2.75) is 97.3 Å². The lowest BCUT2D eigenvalue weighted by atomic mass is 9.86. The Morgan fingerprint density at radius 1 is 0.818 bits per heavy atom. The molecule has 0 radical (unpaired) electrons. The first kappa shape index (κ1) is 25.3. The fraction of sp³-hybridized carbons (Fsp3) is 0.516. The van der Waals surface area contributed by atoms with E-state index in [1.54, 1.807) is 0 Å². The van der Waals surface area contributed by atoms with E-state index in [-0.39, 0.29) is 5.97 Å². The molecule has 2 aromatic carbocycles. The lowest BCUT2D eigenvalue weighted by Crippen LogP contribution is -2.16. The van der Waals surface area contributed by atoms with Gasteiger partial charge in [-0.15, -0.1) is 0 Å². The number of esters is 1. The van der Waals surface area contributed by atoms with Gasteiger partial charge in [0.15, 0.2) is 0 Å². The summed E-state index contributed by atoms with van der Waals surface area (Å²) in [5.41, 5.74) is 4.60. The van der Waals surface area contributed by atoms with Crippen LogP contribution in [0.15, 0.2) is 60.2 Å². The number of hydrogen-bond acceptors (Lipinski definition) is 2. The molecule has 0 bridgehead atoms. The highest BCUT2D eigenvalue weighted by Gasteiger charge is 2.20. The van der Waals surface area contributed by atoms with Crippen LogP contribution in [0.5, 0.6) is 5.75 Å². The number of hydrogen-bond donors (Lipinski definition) is 0. The van der Waals surface area contributed by atoms with Crippen LogP contribution < -0.4 is 4.74 Å². The molecule has 2 heteroatoms. The molecule has 0 heterocycles. The summed E-state index contributed by atoms with van der Waals surface area (Å²) in [5, 5.41) is 0. The molecule has 0 saturated heterocycles. The number of carbonyl (C=O) groups excluding carboxylic acids is 1. The molecule has 1 unspecified atom stereocenters. The number of allylic oxidation sites excluding steroid dienone is 1. The molecule has 0 aromatic heterocycles. The molecule has 3 rings (SSSR count). The van der Waals surface area contributed by atoms with E-state index < -0.39 is 0 Å². The number of benzene rings is 2. The molecule has 0 aliphatic heterocycles. The Hall–Kier alpha value is -2.35. The van der Waals surface area contributed by atoms with E-state index in [1.165, 1.54) is 68.9 Å². The van der Waals surface area contributed by atoms with Crippen LogP contribution >= 0.6 is 0 Å². The Labute approximate surface area is 201 Å². The Kier molecular flexibility index (Phi) is 10.7. The van der Waals surface area contributed by atoms with Gasteiger partial charge in [-0.3, -0.25) is 0 Å². The average Bonchev–Trinajstić information content (AvgIpc) is 2.85. The second-order valence-electron chi connectivity index (χ2n) is 9.64. The first-order chi connectivity index (χ1) is 16.2. The summed E-state index contributed by atoms with van der Waals surface area (Å²) in [6.45, 7) is 4.50. The van der Waals surface area contributed by atoms with Crippen LogP contribution in [0.1, 0.15) is 96.5 Å². The third kappa shape index (κ3) is 8.50. The lowest BCUT2D eigenvalue weighted by molar-refractivity contribution is -0.130. The van der Waals surface area contributed by atoms with Crippen LogP contribution in [0.3, 0.4) is 0 Å². The van der Waals surface area contributed by atoms with Crippen molar-refractivity contribution < 1.29 is 9.53 Å². The third-order valence-electron chi connectivity index (χ3n) is 6.92. The zero-order valence-corrected chi connectivity index (χ0v) is 20.8. The van der Waals surface area contributed by atoms with Crippen molar-refractivity contribution in [3.8, 4) is 16.9 Å². The molecular weight excluding hydrogens is 404 g/mol. The van der Waals surface area contributed by atoms with Crippen molar-refractivity contribution in [2.24, 2.45) is 5.92 Å². The second-order valence-corrected chi connectivity index (χ2v) is 9.64. The zero-order valence-electron chi connectivity index (χ0n) is 20.8. The molecule has 0 saturated carbocycles. The van der Waals surface area contributed by atoms with Crippen LogP contribution in [0, 0.1) is 5.92 Å². The molecule has 0 spiro atoms. The monoisotopic (exact) mass is 446 g/mol. The topological polar surface area (TPSA) is 26.3 Å². The number of ether oxygens (including phenoxy) is 1. The summed E-state index contributed by atoms with van der Waals surface area (Å²) in [4.78, 5) is 12.6. The van der Waals surface area contributed by atoms with Gasteiger partial charge in [-0.05, 0) is 66.8 Å². The van der Waals surface area contributed by atoms with Gasteiger partial charge in [-0.25, -0.2) is 4.79 Å². The van der Waals surface area contributed by atoms with E-state index in [9.17, 15) is 4.79 Å². The normalized spacial score (nSPS) is 15.8. The minimum atomic E-state index is -0.182. The quantitative estimate of drug-likeness (QED) is 0.174. The molecule has 0 amide bonds. The molecule has 2 nitrogen and oxygen atoms in total. The van der Waals surface area contributed by atoms with Gasteiger partial charge in [0.05, 0.1) is 0 Å². The molecule has 1 aliphatic carbocycles. The first-order valence-electron chi connectivity index (χ1n) is 13.3. The zero-order chi connectivity index (χ0) is 23.3. The first-order valence-corrected chi connectivity index (χ1v) is 13.3. The summed E-state index contributed by atoms with van der Waals surface area (Å²) in [6.07, 6.45) is 18.0. The van der Waals surface area contributed by atoms with Crippen molar-refractivity contribution in [2.75, 3.05) is 0 Å². The minimum absolute atomic E-state index is 0.182. The molecule has 1 atom stereocenters. The predicted molar refractivity (Wildman–Crippen MR) is 140 cm³/mol. The maximum absolute atomic E-state index is 12.6. The summed E-state index contributed by atoms with van der Waals surface area (Å²) in [5.74, 6) is 1.18. The maximum Gasteiger partial charge on any atom is 0.339 e. The summed E-state index contributed by atoms with van der Waals surface area (Å²) in [7, 11) is 0. The number of unbranched alkanes of at least 4 members (excludes halogenated alkanes) is 6. The minimum Gasteiger partial charge on any atom is -0.423 e.